The molecule has 4 rings (SSSR count). The zero-order chi connectivity index (χ0) is 26.0. The molecule has 1 aliphatic carbocycles. The third kappa shape index (κ3) is 7.72. The van der Waals surface area contributed by atoms with Crippen molar-refractivity contribution >= 4 is 30.2 Å². The van der Waals surface area contributed by atoms with E-state index >= 15 is 0 Å². The largest absolute Gasteiger partial charge is 0.370 e. The Labute approximate surface area is 222 Å². The number of thiol groups is 1. The van der Waals surface area contributed by atoms with Crippen molar-refractivity contribution in [3.05, 3.63) is 77.6 Å². The van der Waals surface area contributed by atoms with E-state index in [1.807, 2.05) is 19.1 Å². The zero-order valence-corrected chi connectivity index (χ0v) is 21.7. The SMILES string of the molecule is Cc1nc(-c2ccccc2C2CC2)cc(NCCCCNC(=O)Nc2cccc(C#N)c2)[nH]ncc1S. The number of aromatic amines is 1. The Morgan fingerprint density at radius 3 is 2.76 bits per heavy atom. The Morgan fingerprint density at radius 1 is 1.14 bits per heavy atom. The summed E-state index contributed by atoms with van der Waals surface area (Å²) in [4.78, 5) is 17.7. The molecule has 1 saturated carbocycles. The van der Waals surface area contributed by atoms with Crippen LogP contribution in [0.4, 0.5) is 16.3 Å². The minimum Gasteiger partial charge on any atom is -0.370 e. The second-order valence-electron chi connectivity index (χ2n) is 8.96. The summed E-state index contributed by atoms with van der Waals surface area (Å²) in [5, 5.41) is 25.3. The number of nitrogens with zero attached hydrogens (tertiary/aromatic N) is 3. The van der Waals surface area contributed by atoms with Crippen LogP contribution in [0.25, 0.3) is 11.3 Å². The fourth-order valence-electron chi connectivity index (χ4n) is 3.92. The summed E-state index contributed by atoms with van der Waals surface area (Å²) in [6.07, 6.45) is 5.72. The van der Waals surface area contributed by atoms with E-state index in [0.29, 0.717) is 35.2 Å². The molecular formula is C28H31N7OS. The molecule has 0 radical (unpaired) electrons. The second kappa shape index (κ2) is 12.8. The van der Waals surface area contributed by atoms with Gasteiger partial charge in [0.15, 0.2) is 0 Å². The molecular weight excluding hydrogens is 482 g/mol. The second-order valence-corrected chi connectivity index (χ2v) is 9.45. The van der Waals surface area contributed by atoms with E-state index in [0.717, 1.165) is 35.6 Å². The van der Waals surface area contributed by atoms with Gasteiger partial charge < -0.3 is 16.0 Å². The quantitative estimate of drug-likeness (QED) is 0.179. The van der Waals surface area contributed by atoms with Gasteiger partial charge in [0, 0.05) is 35.3 Å². The van der Waals surface area contributed by atoms with Gasteiger partial charge in [0.05, 0.1) is 29.2 Å². The molecule has 0 unspecified atom stereocenters. The van der Waals surface area contributed by atoms with Crippen LogP contribution in [0, 0.1) is 18.3 Å². The van der Waals surface area contributed by atoms with Gasteiger partial charge in [0.2, 0.25) is 0 Å². The van der Waals surface area contributed by atoms with Crippen LogP contribution in [-0.4, -0.2) is 34.3 Å². The average molecular weight is 514 g/mol. The molecule has 0 spiro atoms. The lowest BCUT2D eigenvalue weighted by Crippen LogP contribution is -2.29. The number of hydrogen-bond acceptors (Lipinski definition) is 6. The molecule has 0 aliphatic heterocycles. The van der Waals surface area contributed by atoms with Gasteiger partial charge in [-0.3, -0.25) is 10.1 Å². The topological polar surface area (TPSA) is 119 Å². The molecule has 2 amide bonds. The van der Waals surface area contributed by atoms with Crippen molar-refractivity contribution in [1.82, 2.24) is 20.5 Å². The van der Waals surface area contributed by atoms with Crippen molar-refractivity contribution in [3.63, 3.8) is 0 Å². The number of nitrogens with one attached hydrogen (secondary N) is 4. The Balaban J connectivity index is 1.35. The summed E-state index contributed by atoms with van der Waals surface area (Å²) in [5.41, 5.74) is 5.22. The van der Waals surface area contributed by atoms with E-state index in [1.54, 1.807) is 30.5 Å². The van der Waals surface area contributed by atoms with Gasteiger partial charge in [-0.1, -0.05) is 30.3 Å². The average Bonchev–Trinajstić information content (AvgIpc) is 3.74. The van der Waals surface area contributed by atoms with Crippen molar-refractivity contribution < 1.29 is 4.79 Å². The number of H-pyrrole nitrogens is 1. The van der Waals surface area contributed by atoms with Crippen molar-refractivity contribution in [2.24, 2.45) is 0 Å². The third-order valence-corrected chi connectivity index (χ3v) is 6.46. The zero-order valence-electron chi connectivity index (χ0n) is 20.8. The van der Waals surface area contributed by atoms with Crippen LogP contribution in [0.15, 0.2) is 65.7 Å². The highest BCUT2D eigenvalue weighted by Crippen LogP contribution is 2.44. The Kier molecular flexibility index (Phi) is 9.00. The number of aryl methyl sites for hydroxylation is 1. The summed E-state index contributed by atoms with van der Waals surface area (Å²) in [7, 11) is 0. The first-order chi connectivity index (χ1) is 18.0. The minimum atomic E-state index is -0.293. The Morgan fingerprint density at radius 2 is 1.95 bits per heavy atom. The molecule has 3 aromatic rings. The van der Waals surface area contributed by atoms with Gasteiger partial charge in [-0.15, -0.1) is 12.6 Å². The van der Waals surface area contributed by atoms with Crippen LogP contribution in [0.1, 0.15) is 48.4 Å². The fourth-order valence-corrected chi connectivity index (χ4v) is 4.03. The lowest BCUT2D eigenvalue weighted by Gasteiger charge is -2.10. The van der Waals surface area contributed by atoms with Crippen molar-refractivity contribution in [2.45, 2.75) is 43.4 Å². The molecule has 1 heterocycles. The summed E-state index contributed by atoms with van der Waals surface area (Å²) in [6.45, 7) is 3.16. The Hall–Kier alpha value is -4.03. The maximum absolute atomic E-state index is 12.1. The van der Waals surface area contributed by atoms with Crippen molar-refractivity contribution in [2.75, 3.05) is 23.7 Å². The van der Waals surface area contributed by atoms with Crippen LogP contribution >= 0.6 is 12.6 Å². The molecule has 0 atom stereocenters. The number of urea groups is 1. The molecule has 190 valence electrons. The molecule has 0 saturated heterocycles. The maximum atomic E-state index is 12.1. The number of amides is 2. The number of nitriles is 1. The number of carbonyl (C=O) groups is 1. The van der Waals surface area contributed by atoms with Crippen LogP contribution in [0.2, 0.25) is 0 Å². The van der Waals surface area contributed by atoms with Gasteiger partial charge in [0.25, 0.3) is 0 Å². The molecule has 8 nitrogen and oxygen atoms in total. The van der Waals surface area contributed by atoms with Gasteiger partial charge in [-0.05, 0) is 62.3 Å². The highest BCUT2D eigenvalue weighted by atomic mass is 32.1. The first-order valence-electron chi connectivity index (χ1n) is 12.4. The van der Waals surface area contributed by atoms with E-state index in [9.17, 15) is 4.79 Å². The lowest BCUT2D eigenvalue weighted by atomic mass is 10.0. The minimum absolute atomic E-state index is 0.293. The first-order valence-corrected chi connectivity index (χ1v) is 12.9. The fraction of sp³-hybridized carbons (Fsp3) is 0.286. The molecule has 4 N–H and O–H groups in total. The van der Waals surface area contributed by atoms with Crippen LogP contribution in [0.5, 0.6) is 0 Å². The molecule has 1 aliphatic rings. The predicted molar refractivity (Wildman–Crippen MR) is 149 cm³/mol. The van der Waals surface area contributed by atoms with Gasteiger partial charge in [-0.2, -0.15) is 10.4 Å². The number of unbranched alkanes of at least 4 members (excludes halogenated alkanes) is 1. The van der Waals surface area contributed by atoms with E-state index in [1.165, 1.54) is 18.4 Å². The smallest absolute Gasteiger partial charge is 0.319 e. The van der Waals surface area contributed by atoms with Crippen molar-refractivity contribution in [1.29, 1.82) is 5.26 Å². The standard InChI is InChI=1S/C28H31N7OS/c1-19-26(37)18-32-35-27(16-25(33-19)24-10-3-2-9-23(24)21-11-12-21)30-13-4-5-14-31-28(36)34-22-8-6-7-20(15-22)17-29/h2-3,6-10,15-16,18,21,30,35,37H,4-5,11-14H2,1H3,(H2,31,34,36). The van der Waals surface area contributed by atoms with E-state index in [4.69, 9.17) is 10.2 Å². The van der Waals surface area contributed by atoms with Gasteiger partial charge >= 0.3 is 6.03 Å². The van der Waals surface area contributed by atoms with Gasteiger partial charge in [0.1, 0.15) is 5.82 Å². The van der Waals surface area contributed by atoms with Crippen LogP contribution in [-0.2, 0) is 0 Å². The number of hydrogen-bond donors (Lipinski definition) is 5. The lowest BCUT2D eigenvalue weighted by molar-refractivity contribution is 0.252. The highest BCUT2D eigenvalue weighted by molar-refractivity contribution is 7.80. The predicted octanol–water partition coefficient (Wildman–Crippen LogP) is 5.96. The number of anilines is 2. The van der Waals surface area contributed by atoms with Crippen LogP contribution in [0.3, 0.4) is 0 Å². The first kappa shape index (κ1) is 26.0. The van der Waals surface area contributed by atoms with E-state index in [2.05, 4.69) is 63.0 Å². The molecule has 0 bridgehead atoms. The summed E-state index contributed by atoms with van der Waals surface area (Å²) >= 11 is 4.53. The highest BCUT2D eigenvalue weighted by Gasteiger charge is 2.26. The van der Waals surface area contributed by atoms with E-state index < -0.39 is 0 Å². The monoisotopic (exact) mass is 513 g/mol. The van der Waals surface area contributed by atoms with Crippen molar-refractivity contribution in [3.8, 4) is 17.3 Å². The third-order valence-electron chi connectivity index (χ3n) is 6.02. The number of rotatable bonds is 9. The Bertz CT molecular complexity index is 1340. The summed E-state index contributed by atoms with van der Waals surface area (Å²) in [6, 6.07) is 19.0. The molecule has 2 aromatic carbocycles. The van der Waals surface area contributed by atoms with Gasteiger partial charge in [-0.25, -0.2) is 4.79 Å². The summed E-state index contributed by atoms with van der Waals surface area (Å²) in [5.74, 6) is 1.35. The normalized spacial score (nSPS) is 12.2. The van der Waals surface area contributed by atoms with E-state index in [-0.39, 0.29) is 6.03 Å². The molecule has 1 aromatic heterocycles. The number of aromatic nitrogens is 3. The molecule has 9 heteroatoms. The number of carbonyl (C=O) groups excluding carboxylic acids is 1. The van der Waals surface area contributed by atoms with Crippen LogP contribution < -0.4 is 16.0 Å². The molecule has 37 heavy (non-hydrogen) atoms. The summed E-state index contributed by atoms with van der Waals surface area (Å²) < 4.78 is 0. The maximum Gasteiger partial charge on any atom is 0.319 e. The number of benzene rings is 2. The molecule has 1 fully saturated rings.